The zero-order valence-electron chi connectivity index (χ0n) is 13.8. The Bertz CT molecular complexity index is 390. The average molecular weight is 294 g/mol. The van der Waals surface area contributed by atoms with Gasteiger partial charge in [-0.1, -0.05) is 13.8 Å². The predicted octanol–water partition coefficient (Wildman–Crippen LogP) is 1.16. The van der Waals surface area contributed by atoms with Gasteiger partial charge in [0, 0.05) is 44.8 Å². The third-order valence-corrected chi connectivity index (χ3v) is 5.15. The minimum atomic E-state index is 0.442. The molecule has 1 N–H and O–H groups in total. The largest absolute Gasteiger partial charge is 0.379 e. The molecule has 0 aromatic heterocycles. The van der Waals surface area contributed by atoms with E-state index in [0.717, 1.165) is 51.9 Å². The van der Waals surface area contributed by atoms with Crippen molar-refractivity contribution in [1.82, 2.24) is 15.1 Å². The molecule has 5 heteroatoms. The van der Waals surface area contributed by atoms with E-state index in [2.05, 4.69) is 35.9 Å². The first-order valence-electron chi connectivity index (χ1n) is 8.48. The van der Waals surface area contributed by atoms with Crippen LogP contribution in [0.25, 0.3) is 0 Å². The van der Waals surface area contributed by atoms with Crippen LogP contribution >= 0.6 is 0 Å². The number of morpholine rings is 1. The number of guanidine groups is 1. The Morgan fingerprint density at radius 2 is 2.00 bits per heavy atom. The lowest BCUT2D eigenvalue weighted by atomic mass is 10.2. The van der Waals surface area contributed by atoms with E-state index in [9.17, 15) is 0 Å². The molecular formula is C16H30N4O. The third kappa shape index (κ3) is 3.51. The standard InChI is InChI=1S/C16H30N4O/c1-4-17-15(18-14-11-16(14,2)3)20-6-5-13(12-20)19-7-9-21-10-8-19/h13-14H,4-12H2,1-3H3,(H,17,18). The maximum absolute atomic E-state index is 5.46. The summed E-state index contributed by atoms with van der Waals surface area (Å²) >= 11 is 0. The van der Waals surface area contributed by atoms with Crippen molar-refractivity contribution >= 4 is 5.96 Å². The molecule has 2 atom stereocenters. The third-order valence-electron chi connectivity index (χ3n) is 5.15. The second-order valence-electron chi connectivity index (χ2n) is 7.22. The van der Waals surface area contributed by atoms with E-state index in [1.165, 1.54) is 12.8 Å². The molecule has 21 heavy (non-hydrogen) atoms. The molecule has 0 amide bonds. The average Bonchev–Trinajstić information content (AvgIpc) is 2.91. The van der Waals surface area contributed by atoms with E-state index in [4.69, 9.17) is 9.73 Å². The molecule has 0 aromatic rings. The van der Waals surface area contributed by atoms with Crippen molar-refractivity contribution in [3.8, 4) is 0 Å². The fourth-order valence-electron chi connectivity index (χ4n) is 3.43. The van der Waals surface area contributed by atoms with Crippen LogP contribution in [0.4, 0.5) is 0 Å². The lowest BCUT2D eigenvalue weighted by molar-refractivity contribution is 0.0195. The fraction of sp³-hybridized carbons (Fsp3) is 0.938. The summed E-state index contributed by atoms with van der Waals surface area (Å²) in [6.07, 6.45) is 2.51. The number of nitrogens with zero attached hydrogens (tertiary/aromatic N) is 3. The lowest BCUT2D eigenvalue weighted by Gasteiger charge is -2.32. The molecule has 5 nitrogen and oxygen atoms in total. The summed E-state index contributed by atoms with van der Waals surface area (Å²) in [5.74, 6) is 1.13. The van der Waals surface area contributed by atoms with Crippen LogP contribution in [-0.4, -0.2) is 73.8 Å². The van der Waals surface area contributed by atoms with E-state index in [-0.39, 0.29) is 0 Å². The number of hydrogen-bond donors (Lipinski definition) is 1. The van der Waals surface area contributed by atoms with Gasteiger partial charge in [-0.3, -0.25) is 9.89 Å². The van der Waals surface area contributed by atoms with Gasteiger partial charge in [0.15, 0.2) is 5.96 Å². The van der Waals surface area contributed by atoms with E-state index in [1.54, 1.807) is 0 Å². The van der Waals surface area contributed by atoms with Crippen molar-refractivity contribution < 1.29 is 4.74 Å². The molecule has 3 rings (SSSR count). The first-order valence-corrected chi connectivity index (χ1v) is 8.48. The Balaban J connectivity index is 1.56. The summed E-state index contributed by atoms with van der Waals surface area (Å²) in [6, 6.07) is 1.27. The Morgan fingerprint density at radius 3 is 2.62 bits per heavy atom. The first kappa shape index (κ1) is 15.1. The summed E-state index contributed by atoms with van der Waals surface area (Å²) in [5.41, 5.74) is 0.442. The van der Waals surface area contributed by atoms with Crippen LogP contribution in [0.2, 0.25) is 0 Å². The summed E-state index contributed by atoms with van der Waals surface area (Å²) < 4.78 is 5.46. The van der Waals surface area contributed by atoms with Gasteiger partial charge in [-0.2, -0.15) is 0 Å². The van der Waals surface area contributed by atoms with Gasteiger partial charge in [0.05, 0.1) is 13.2 Å². The maximum atomic E-state index is 5.46. The van der Waals surface area contributed by atoms with Crippen molar-refractivity contribution in [2.45, 2.75) is 45.7 Å². The first-order chi connectivity index (χ1) is 10.1. The van der Waals surface area contributed by atoms with Gasteiger partial charge in [-0.15, -0.1) is 0 Å². The van der Waals surface area contributed by atoms with Crippen LogP contribution in [0.15, 0.2) is 4.99 Å². The van der Waals surface area contributed by atoms with Crippen LogP contribution < -0.4 is 5.32 Å². The highest BCUT2D eigenvalue weighted by atomic mass is 16.5. The van der Waals surface area contributed by atoms with E-state index >= 15 is 0 Å². The minimum Gasteiger partial charge on any atom is -0.379 e. The monoisotopic (exact) mass is 294 g/mol. The number of ether oxygens (including phenoxy) is 1. The van der Waals surface area contributed by atoms with E-state index in [1.807, 2.05) is 0 Å². The molecule has 3 fully saturated rings. The number of likely N-dealkylation sites (tertiary alicyclic amines) is 1. The predicted molar refractivity (Wildman–Crippen MR) is 85.7 cm³/mol. The minimum absolute atomic E-state index is 0.442. The molecular weight excluding hydrogens is 264 g/mol. The quantitative estimate of drug-likeness (QED) is 0.626. The number of nitrogens with one attached hydrogen (secondary N) is 1. The molecule has 2 saturated heterocycles. The molecule has 2 heterocycles. The van der Waals surface area contributed by atoms with Crippen LogP contribution in [0.5, 0.6) is 0 Å². The van der Waals surface area contributed by atoms with Crippen LogP contribution in [0.1, 0.15) is 33.6 Å². The van der Waals surface area contributed by atoms with Crippen molar-refractivity contribution in [3.63, 3.8) is 0 Å². The normalized spacial score (nSPS) is 33.3. The van der Waals surface area contributed by atoms with Crippen molar-refractivity contribution in [2.24, 2.45) is 10.4 Å². The lowest BCUT2D eigenvalue weighted by Crippen LogP contribution is -2.47. The Labute approximate surface area is 128 Å². The molecule has 0 radical (unpaired) electrons. The van der Waals surface area contributed by atoms with Gasteiger partial charge in [0.1, 0.15) is 0 Å². The SMILES string of the molecule is CCN=C(NC1CC1(C)C)N1CCC(N2CCOCC2)C1. The van der Waals surface area contributed by atoms with Gasteiger partial charge in [-0.25, -0.2) is 0 Å². The summed E-state index contributed by atoms with van der Waals surface area (Å²) in [7, 11) is 0. The molecule has 1 saturated carbocycles. The Hall–Kier alpha value is -0.810. The maximum Gasteiger partial charge on any atom is 0.194 e. The topological polar surface area (TPSA) is 40.1 Å². The second kappa shape index (κ2) is 6.13. The smallest absolute Gasteiger partial charge is 0.194 e. The van der Waals surface area contributed by atoms with Crippen molar-refractivity contribution in [2.75, 3.05) is 45.9 Å². The van der Waals surface area contributed by atoms with Gasteiger partial charge in [-0.05, 0) is 25.2 Å². The van der Waals surface area contributed by atoms with Gasteiger partial charge in [0.2, 0.25) is 0 Å². The molecule has 120 valence electrons. The Kier molecular flexibility index (Phi) is 4.41. The van der Waals surface area contributed by atoms with Gasteiger partial charge in [0.25, 0.3) is 0 Å². The van der Waals surface area contributed by atoms with Crippen molar-refractivity contribution in [1.29, 1.82) is 0 Å². The fourth-order valence-corrected chi connectivity index (χ4v) is 3.43. The zero-order chi connectivity index (χ0) is 14.9. The van der Waals surface area contributed by atoms with E-state index in [0.29, 0.717) is 17.5 Å². The van der Waals surface area contributed by atoms with Crippen molar-refractivity contribution in [3.05, 3.63) is 0 Å². The molecule has 2 unspecified atom stereocenters. The number of rotatable bonds is 3. The number of hydrogen-bond acceptors (Lipinski definition) is 3. The van der Waals surface area contributed by atoms with E-state index < -0.39 is 0 Å². The molecule has 3 aliphatic rings. The summed E-state index contributed by atoms with van der Waals surface area (Å²) in [4.78, 5) is 9.77. The molecule has 0 aromatic carbocycles. The molecule has 0 spiro atoms. The summed E-state index contributed by atoms with van der Waals surface area (Å²) in [5, 5.41) is 3.68. The van der Waals surface area contributed by atoms with Gasteiger partial charge >= 0.3 is 0 Å². The van der Waals surface area contributed by atoms with Crippen LogP contribution in [0.3, 0.4) is 0 Å². The highest BCUT2D eigenvalue weighted by Gasteiger charge is 2.47. The second-order valence-corrected chi connectivity index (χ2v) is 7.22. The highest BCUT2D eigenvalue weighted by molar-refractivity contribution is 5.81. The Morgan fingerprint density at radius 1 is 1.29 bits per heavy atom. The molecule has 1 aliphatic carbocycles. The molecule has 0 bridgehead atoms. The molecule has 2 aliphatic heterocycles. The van der Waals surface area contributed by atoms with Crippen LogP contribution in [-0.2, 0) is 4.74 Å². The van der Waals surface area contributed by atoms with Gasteiger partial charge < -0.3 is 15.0 Å². The summed E-state index contributed by atoms with van der Waals surface area (Å²) in [6.45, 7) is 13.8. The zero-order valence-corrected chi connectivity index (χ0v) is 13.8. The van der Waals surface area contributed by atoms with Crippen LogP contribution in [0, 0.1) is 5.41 Å². The number of aliphatic imine (C=N–C) groups is 1. The highest BCUT2D eigenvalue weighted by Crippen LogP contribution is 2.44.